The Balaban J connectivity index is 1.10. The van der Waals surface area contributed by atoms with Crippen LogP contribution in [0.25, 0.3) is 87.8 Å². The highest BCUT2D eigenvalue weighted by Crippen LogP contribution is 2.42. The Hall–Kier alpha value is -7.95. The van der Waals surface area contributed by atoms with Crippen molar-refractivity contribution in [2.24, 2.45) is 0 Å². The molecule has 0 amide bonds. The van der Waals surface area contributed by atoms with Gasteiger partial charge in [-0.1, -0.05) is 121 Å². The van der Waals surface area contributed by atoms with Gasteiger partial charge in [-0.3, -0.25) is 4.57 Å². The second-order valence-electron chi connectivity index (χ2n) is 15.7. The van der Waals surface area contributed by atoms with E-state index in [-0.39, 0.29) is 0 Å². The minimum Gasteiger partial charge on any atom is -0.310 e. The third-order valence-corrected chi connectivity index (χ3v) is 12.2. The molecule has 0 aliphatic rings. The molecule has 12 aromatic rings. The summed E-state index contributed by atoms with van der Waals surface area (Å²) in [6.45, 7) is 2.16. The maximum atomic E-state index is 4.92. The average molecular weight is 767 g/mol. The van der Waals surface area contributed by atoms with Crippen LogP contribution in [0.2, 0.25) is 0 Å². The van der Waals surface area contributed by atoms with Gasteiger partial charge in [-0.05, 0) is 131 Å². The van der Waals surface area contributed by atoms with Crippen molar-refractivity contribution in [2.45, 2.75) is 6.92 Å². The van der Waals surface area contributed by atoms with Gasteiger partial charge in [0, 0.05) is 56.2 Å². The number of fused-ring (bicyclic) bond motifs is 8. The summed E-state index contributed by atoms with van der Waals surface area (Å²) < 4.78 is 4.74. The topological polar surface area (TPSA) is 26.0 Å². The predicted octanol–water partition coefficient (Wildman–Crippen LogP) is 15.0. The summed E-state index contributed by atoms with van der Waals surface area (Å²) in [6, 6.07) is 75.0. The van der Waals surface area contributed by atoms with Gasteiger partial charge in [0.05, 0.1) is 16.6 Å². The molecule has 3 aromatic heterocycles. The minimum atomic E-state index is 0.952. The lowest BCUT2D eigenvalue weighted by molar-refractivity contribution is 1.14. The van der Waals surface area contributed by atoms with E-state index in [1.807, 2.05) is 12.3 Å². The van der Waals surface area contributed by atoms with Gasteiger partial charge in [0.25, 0.3) is 0 Å². The normalized spacial score (nSPS) is 11.8. The predicted molar refractivity (Wildman–Crippen MR) is 253 cm³/mol. The molecule has 12 rings (SSSR count). The number of nitrogens with zero attached hydrogens (tertiary/aromatic N) is 4. The molecule has 0 bridgehead atoms. The van der Waals surface area contributed by atoms with Gasteiger partial charge >= 0.3 is 0 Å². The standard InChI is InChI=1S/C56H38N4/c1-37-24-28-45-38(33-37)13-10-20-47(45)48-21-11-14-39-34-42(25-29-46(39)48)59-54-30-26-43(58(40-15-4-2-5-16-40)41-17-6-3-7-18-41)35-51(54)52-36-44(27-31-55(52)59)60-53-23-9-8-19-49(53)50-22-12-32-57-56(50)60/h2-36H,1H3. The van der Waals surface area contributed by atoms with E-state index in [9.17, 15) is 0 Å². The first-order valence-electron chi connectivity index (χ1n) is 20.5. The molecule has 0 fully saturated rings. The zero-order valence-electron chi connectivity index (χ0n) is 33.0. The Labute approximate surface area is 347 Å². The van der Waals surface area contributed by atoms with Crippen LogP contribution in [0.1, 0.15) is 5.56 Å². The maximum Gasteiger partial charge on any atom is 0.145 e. The monoisotopic (exact) mass is 766 g/mol. The largest absolute Gasteiger partial charge is 0.310 e. The molecular formula is C56H38N4. The van der Waals surface area contributed by atoms with Crippen molar-refractivity contribution in [1.82, 2.24) is 14.1 Å². The number of rotatable bonds is 6. The number of hydrogen-bond donors (Lipinski definition) is 0. The van der Waals surface area contributed by atoms with E-state index in [2.05, 4.69) is 221 Å². The second kappa shape index (κ2) is 13.6. The van der Waals surface area contributed by atoms with Crippen LogP contribution >= 0.6 is 0 Å². The van der Waals surface area contributed by atoms with Crippen molar-refractivity contribution in [3.8, 4) is 22.5 Å². The van der Waals surface area contributed by atoms with Gasteiger partial charge in [0.1, 0.15) is 5.65 Å². The molecule has 0 atom stereocenters. The number of hydrogen-bond acceptors (Lipinski definition) is 2. The Morgan fingerprint density at radius 3 is 1.70 bits per heavy atom. The highest BCUT2D eigenvalue weighted by atomic mass is 15.1. The molecule has 0 N–H and O–H groups in total. The number of pyridine rings is 1. The van der Waals surface area contributed by atoms with Crippen molar-refractivity contribution >= 4 is 82.3 Å². The van der Waals surface area contributed by atoms with Crippen LogP contribution in [0, 0.1) is 6.92 Å². The smallest absolute Gasteiger partial charge is 0.145 e. The minimum absolute atomic E-state index is 0.952. The van der Waals surface area contributed by atoms with E-state index < -0.39 is 0 Å². The van der Waals surface area contributed by atoms with E-state index in [1.54, 1.807) is 0 Å². The van der Waals surface area contributed by atoms with E-state index >= 15 is 0 Å². The lowest BCUT2D eigenvalue weighted by Gasteiger charge is -2.25. The molecule has 0 spiro atoms. The lowest BCUT2D eigenvalue weighted by atomic mass is 9.93. The summed E-state index contributed by atoms with van der Waals surface area (Å²) in [4.78, 5) is 7.27. The van der Waals surface area contributed by atoms with E-state index in [4.69, 9.17) is 4.98 Å². The fourth-order valence-corrected chi connectivity index (χ4v) is 9.50. The third-order valence-electron chi connectivity index (χ3n) is 12.2. The molecule has 0 radical (unpaired) electrons. The van der Waals surface area contributed by atoms with Gasteiger partial charge in [0.2, 0.25) is 0 Å². The molecule has 0 aliphatic heterocycles. The van der Waals surface area contributed by atoms with Crippen molar-refractivity contribution in [2.75, 3.05) is 4.90 Å². The van der Waals surface area contributed by atoms with Crippen LogP contribution in [-0.2, 0) is 0 Å². The van der Waals surface area contributed by atoms with Crippen LogP contribution in [0.3, 0.4) is 0 Å². The summed E-state index contributed by atoms with van der Waals surface area (Å²) in [5.74, 6) is 0. The van der Waals surface area contributed by atoms with Gasteiger partial charge in [-0.2, -0.15) is 0 Å². The van der Waals surface area contributed by atoms with Gasteiger partial charge in [-0.15, -0.1) is 0 Å². The Bertz CT molecular complexity index is 3520. The zero-order valence-corrected chi connectivity index (χ0v) is 33.0. The number of para-hydroxylation sites is 3. The summed E-state index contributed by atoms with van der Waals surface area (Å²) in [5.41, 5.74) is 13.7. The molecule has 4 heteroatoms. The molecule has 282 valence electrons. The van der Waals surface area contributed by atoms with Crippen LogP contribution < -0.4 is 4.90 Å². The first kappa shape index (κ1) is 34.1. The molecule has 60 heavy (non-hydrogen) atoms. The Morgan fingerprint density at radius 1 is 0.367 bits per heavy atom. The third kappa shape index (κ3) is 5.35. The number of anilines is 3. The zero-order chi connectivity index (χ0) is 39.7. The fourth-order valence-electron chi connectivity index (χ4n) is 9.50. The molecule has 3 heterocycles. The first-order chi connectivity index (χ1) is 29.7. The van der Waals surface area contributed by atoms with Crippen molar-refractivity contribution in [1.29, 1.82) is 0 Å². The maximum absolute atomic E-state index is 4.92. The van der Waals surface area contributed by atoms with E-state index in [0.717, 1.165) is 56.0 Å². The molecule has 0 unspecified atom stereocenters. The highest BCUT2D eigenvalue weighted by molar-refractivity contribution is 6.13. The van der Waals surface area contributed by atoms with Crippen molar-refractivity contribution < 1.29 is 0 Å². The van der Waals surface area contributed by atoms with Crippen LogP contribution in [0.15, 0.2) is 212 Å². The fraction of sp³-hybridized carbons (Fsp3) is 0.0179. The number of aromatic nitrogens is 3. The second-order valence-corrected chi connectivity index (χ2v) is 15.7. The van der Waals surface area contributed by atoms with Crippen LogP contribution in [0.5, 0.6) is 0 Å². The molecule has 4 nitrogen and oxygen atoms in total. The average Bonchev–Trinajstić information content (AvgIpc) is 3.81. The number of aryl methyl sites for hydroxylation is 1. The Morgan fingerprint density at radius 2 is 0.950 bits per heavy atom. The summed E-state index contributed by atoms with van der Waals surface area (Å²) in [5, 5.41) is 9.66. The SMILES string of the molecule is Cc1ccc2c(-c3cccc4cc(-n5c6ccc(N(c7ccccc7)c7ccccc7)cc6c6cc(-n7c8ccccc8c8cccnc87)ccc65)ccc34)cccc2c1. The van der Waals surface area contributed by atoms with E-state index in [1.165, 1.54) is 54.4 Å². The van der Waals surface area contributed by atoms with Gasteiger partial charge in [-0.25, -0.2) is 4.98 Å². The number of benzene rings is 9. The first-order valence-corrected chi connectivity index (χ1v) is 20.5. The summed E-state index contributed by atoms with van der Waals surface area (Å²) >= 11 is 0. The van der Waals surface area contributed by atoms with Gasteiger partial charge < -0.3 is 9.47 Å². The summed E-state index contributed by atoms with van der Waals surface area (Å²) in [7, 11) is 0. The molecular weight excluding hydrogens is 729 g/mol. The van der Waals surface area contributed by atoms with Crippen LogP contribution in [0.4, 0.5) is 17.1 Å². The Kier molecular flexibility index (Phi) is 7.72. The lowest BCUT2D eigenvalue weighted by Crippen LogP contribution is -2.09. The van der Waals surface area contributed by atoms with Crippen molar-refractivity contribution in [3.05, 3.63) is 218 Å². The quantitative estimate of drug-likeness (QED) is 0.168. The molecule has 0 aliphatic carbocycles. The van der Waals surface area contributed by atoms with E-state index in [0.29, 0.717) is 0 Å². The van der Waals surface area contributed by atoms with Crippen molar-refractivity contribution in [3.63, 3.8) is 0 Å². The molecule has 0 saturated carbocycles. The molecule has 9 aromatic carbocycles. The molecule has 0 saturated heterocycles. The van der Waals surface area contributed by atoms with Crippen LogP contribution in [-0.4, -0.2) is 14.1 Å². The van der Waals surface area contributed by atoms with Gasteiger partial charge in [0.15, 0.2) is 0 Å². The summed E-state index contributed by atoms with van der Waals surface area (Å²) in [6.07, 6.45) is 1.89. The highest BCUT2D eigenvalue weighted by Gasteiger charge is 2.20.